The second-order valence-electron chi connectivity index (χ2n) is 4.55. The molecule has 0 aliphatic heterocycles. The number of fused-ring (bicyclic) bond motifs is 1. The average Bonchev–Trinajstić information content (AvgIpc) is 2.79. The summed E-state index contributed by atoms with van der Waals surface area (Å²) in [6, 6.07) is 13.8. The number of rotatable bonds is 2. The Labute approximate surface area is 115 Å². The Bertz CT molecular complexity index is 772. The topological polar surface area (TPSA) is 62.5 Å². The Hall–Kier alpha value is -2.75. The average molecular weight is 267 g/mol. The number of carbonyl (C=O) groups is 1. The third kappa shape index (κ3) is 2.12. The molecule has 100 valence electrons. The van der Waals surface area contributed by atoms with Crippen LogP contribution in [0, 0.1) is 6.92 Å². The van der Waals surface area contributed by atoms with Crippen molar-refractivity contribution in [3.63, 3.8) is 0 Å². The number of nitrogens with one attached hydrogen (secondary N) is 1. The Morgan fingerprint density at radius 1 is 1.10 bits per heavy atom. The van der Waals surface area contributed by atoms with Gasteiger partial charge in [-0.25, -0.2) is 0 Å². The molecule has 3 aromatic rings. The molecule has 2 aromatic carbocycles. The molecule has 2 N–H and O–H groups in total. The van der Waals surface area contributed by atoms with Crippen molar-refractivity contribution in [2.75, 3.05) is 5.32 Å². The number of amides is 1. The molecule has 0 unspecified atom stereocenters. The first-order valence-corrected chi connectivity index (χ1v) is 6.23. The van der Waals surface area contributed by atoms with Crippen LogP contribution in [0.3, 0.4) is 0 Å². The van der Waals surface area contributed by atoms with Crippen molar-refractivity contribution in [1.29, 1.82) is 0 Å². The van der Waals surface area contributed by atoms with Gasteiger partial charge < -0.3 is 14.8 Å². The minimum Gasteiger partial charge on any atom is -0.508 e. The van der Waals surface area contributed by atoms with Crippen LogP contribution in [0.25, 0.3) is 11.0 Å². The van der Waals surface area contributed by atoms with Crippen molar-refractivity contribution < 1.29 is 14.3 Å². The Morgan fingerprint density at radius 2 is 1.80 bits per heavy atom. The number of hydrogen-bond donors (Lipinski definition) is 2. The second kappa shape index (κ2) is 4.74. The smallest absolute Gasteiger partial charge is 0.291 e. The molecule has 0 saturated carbocycles. The molecule has 0 spiro atoms. The van der Waals surface area contributed by atoms with Gasteiger partial charge in [-0.3, -0.25) is 4.79 Å². The number of para-hydroxylation sites is 1. The van der Waals surface area contributed by atoms with Crippen LogP contribution in [0.4, 0.5) is 5.69 Å². The fourth-order valence-electron chi connectivity index (χ4n) is 2.12. The lowest BCUT2D eigenvalue weighted by Gasteiger charge is -2.03. The fourth-order valence-corrected chi connectivity index (χ4v) is 2.12. The first kappa shape index (κ1) is 12.3. The zero-order valence-corrected chi connectivity index (χ0v) is 10.9. The van der Waals surface area contributed by atoms with Crippen LogP contribution >= 0.6 is 0 Å². The number of phenolic OH excluding ortho intramolecular Hbond substituents is 1. The molecule has 0 aliphatic rings. The summed E-state index contributed by atoms with van der Waals surface area (Å²) >= 11 is 0. The van der Waals surface area contributed by atoms with Crippen molar-refractivity contribution in [2.45, 2.75) is 6.92 Å². The molecule has 0 radical (unpaired) electrons. The van der Waals surface area contributed by atoms with Crippen molar-refractivity contribution in [3.8, 4) is 5.75 Å². The lowest BCUT2D eigenvalue weighted by atomic mass is 10.1. The van der Waals surface area contributed by atoms with Gasteiger partial charge >= 0.3 is 0 Å². The Morgan fingerprint density at radius 3 is 2.50 bits per heavy atom. The zero-order chi connectivity index (χ0) is 14.1. The largest absolute Gasteiger partial charge is 0.508 e. The van der Waals surface area contributed by atoms with Crippen molar-refractivity contribution in [3.05, 3.63) is 59.9 Å². The van der Waals surface area contributed by atoms with Crippen LogP contribution < -0.4 is 5.32 Å². The van der Waals surface area contributed by atoms with Crippen LogP contribution in [-0.4, -0.2) is 11.0 Å². The highest BCUT2D eigenvalue weighted by molar-refractivity contribution is 6.06. The van der Waals surface area contributed by atoms with E-state index in [-0.39, 0.29) is 11.7 Å². The molecular formula is C16H13NO3. The molecule has 4 heteroatoms. The van der Waals surface area contributed by atoms with Crippen LogP contribution in [0.15, 0.2) is 52.9 Å². The van der Waals surface area contributed by atoms with Crippen LogP contribution in [0.5, 0.6) is 5.75 Å². The monoisotopic (exact) mass is 267 g/mol. The third-order valence-corrected chi connectivity index (χ3v) is 3.18. The summed E-state index contributed by atoms with van der Waals surface area (Å²) in [5, 5.41) is 12.9. The summed E-state index contributed by atoms with van der Waals surface area (Å²) < 4.78 is 5.60. The fraction of sp³-hybridized carbons (Fsp3) is 0.0625. The summed E-state index contributed by atoms with van der Waals surface area (Å²) in [5.41, 5.74) is 2.12. The minimum absolute atomic E-state index is 0.155. The number of aryl methyl sites for hydroxylation is 1. The first-order chi connectivity index (χ1) is 9.65. The van der Waals surface area contributed by atoms with E-state index in [4.69, 9.17) is 4.42 Å². The van der Waals surface area contributed by atoms with Gasteiger partial charge in [-0.1, -0.05) is 18.2 Å². The molecule has 20 heavy (non-hydrogen) atoms. The Balaban J connectivity index is 1.92. The minimum atomic E-state index is -0.301. The van der Waals surface area contributed by atoms with Crippen molar-refractivity contribution >= 4 is 22.6 Å². The SMILES string of the molecule is Cc1c(C(=O)Nc2ccc(O)cc2)oc2ccccc12. The van der Waals surface area contributed by atoms with Gasteiger partial charge in [-0.05, 0) is 37.3 Å². The summed E-state index contributed by atoms with van der Waals surface area (Å²) in [5.74, 6) is 0.159. The number of benzene rings is 2. The standard InChI is InChI=1S/C16H13NO3/c1-10-13-4-2-3-5-14(13)20-15(10)16(19)17-11-6-8-12(18)9-7-11/h2-9,18H,1H3,(H,17,19). The highest BCUT2D eigenvalue weighted by Crippen LogP contribution is 2.25. The van der Waals surface area contributed by atoms with Gasteiger partial charge in [-0.15, -0.1) is 0 Å². The first-order valence-electron chi connectivity index (χ1n) is 6.23. The van der Waals surface area contributed by atoms with Crippen LogP contribution in [-0.2, 0) is 0 Å². The number of phenols is 1. The molecule has 1 aromatic heterocycles. The maximum Gasteiger partial charge on any atom is 0.291 e. The van der Waals surface area contributed by atoms with Crippen molar-refractivity contribution in [2.24, 2.45) is 0 Å². The van der Waals surface area contributed by atoms with E-state index in [0.29, 0.717) is 17.0 Å². The van der Waals surface area contributed by atoms with E-state index >= 15 is 0 Å². The third-order valence-electron chi connectivity index (χ3n) is 3.18. The molecule has 0 saturated heterocycles. The highest BCUT2D eigenvalue weighted by atomic mass is 16.3. The number of hydrogen-bond acceptors (Lipinski definition) is 3. The summed E-state index contributed by atoms with van der Waals surface area (Å²) in [4.78, 5) is 12.2. The number of anilines is 1. The van der Waals surface area contributed by atoms with Crippen LogP contribution in [0.1, 0.15) is 16.1 Å². The van der Waals surface area contributed by atoms with Gasteiger partial charge in [0.1, 0.15) is 11.3 Å². The summed E-state index contributed by atoms with van der Waals surface area (Å²) in [6.07, 6.45) is 0. The van der Waals surface area contributed by atoms with Gasteiger partial charge in [0, 0.05) is 16.6 Å². The molecule has 4 nitrogen and oxygen atoms in total. The van der Waals surface area contributed by atoms with E-state index < -0.39 is 0 Å². The molecule has 0 fully saturated rings. The molecule has 1 heterocycles. The molecule has 3 rings (SSSR count). The predicted octanol–water partition coefficient (Wildman–Crippen LogP) is 3.70. The number of carbonyl (C=O) groups excluding carboxylic acids is 1. The van der Waals surface area contributed by atoms with E-state index in [1.165, 1.54) is 12.1 Å². The van der Waals surface area contributed by atoms with Gasteiger partial charge in [0.15, 0.2) is 5.76 Å². The molecule has 0 bridgehead atoms. The molecule has 0 atom stereocenters. The zero-order valence-electron chi connectivity index (χ0n) is 10.9. The molecular weight excluding hydrogens is 254 g/mol. The van der Waals surface area contributed by atoms with E-state index in [1.54, 1.807) is 12.1 Å². The quantitative estimate of drug-likeness (QED) is 0.696. The Kier molecular flexibility index (Phi) is 2.91. The molecule has 0 aliphatic carbocycles. The summed E-state index contributed by atoms with van der Waals surface area (Å²) in [6.45, 7) is 1.86. The highest BCUT2D eigenvalue weighted by Gasteiger charge is 2.17. The van der Waals surface area contributed by atoms with Gasteiger partial charge in [-0.2, -0.15) is 0 Å². The van der Waals surface area contributed by atoms with Gasteiger partial charge in [0.25, 0.3) is 5.91 Å². The maximum absolute atomic E-state index is 12.2. The van der Waals surface area contributed by atoms with Crippen LogP contribution in [0.2, 0.25) is 0 Å². The van der Waals surface area contributed by atoms with E-state index in [9.17, 15) is 9.90 Å². The lowest BCUT2D eigenvalue weighted by molar-refractivity contribution is 0.0998. The normalized spacial score (nSPS) is 10.7. The second-order valence-corrected chi connectivity index (χ2v) is 4.55. The van der Waals surface area contributed by atoms with E-state index in [0.717, 1.165) is 10.9 Å². The predicted molar refractivity (Wildman–Crippen MR) is 77.0 cm³/mol. The molecule has 1 amide bonds. The van der Waals surface area contributed by atoms with E-state index in [1.807, 2.05) is 31.2 Å². The number of aromatic hydroxyl groups is 1. The number of furan rings is 1. The lowest BCUT2D eigenvalue weighted by Crippen LogP contribution is -2.11. The van der Waals surface area contributed by atoms with Gasteiger partial charge in [0.05, 0.1) is 0 Å². The summed E-state index contributed by atoms with van der Waals surface area (Å²) in [7, 11) is 0. The van der Waals surface area contributed by atoms with Gasteiger partial charge in [0.2, 0.25) is 0 Å². The maximum atomic E-state index is 12.2. The van der Waals surface area contributed by atoms with E-state index in [2.05, 4.69) is 5.32 Å². The van der Waals surface area contributed by atoms with Crippen molar-refractivity contribution in [1.82, 2.24) is 0 Å².